The number of methoxy groups -OCH3 is 1. The molecular weight excluding hydrogens is 740 g/mol. The highest BCUT2D eigenvalue weighted by molar-refractivity contribution is 9.09. The van der Waals surface area contributed by atoms with Crippen LogP contribution in [0.25, 0.3) is 0 Å². The number of esters is 5. The summed E-state index contributed by atoms with van der Waals surface area (Å²) in [6.45, 7) is 0.237. The highest BCUT2D eigenvalue weighted by Gasteiger charge is 2.32. The summed E-state index contributed by atoms with van der Waals surface area (Å²) in [4.78, 5) is 68.1. The molecule has 0 heterocycles. The Morgan fingerprint density at radius 1 is 0.519 bits per heavy atom. The van der Waals surface area contributed by atoms with Crippen LogP contribution in [0.15, 0.2) is 121 Å². The highest BCUT2D eigenvalue weighted by Crippen LogP contribution is 2.13. The van der Waals surface area contributed by atoms with E-state index in [2.05, 4.69) is 20.7 Å². The summed E-state index contributed by atoms with van der Waals surface area (Å²) < 4.78 is 24.4. The Kier molecular flexibility index (Phi) is 20.5. The molecule has 13 heteroatoms. The summed E-state index contributed by atoms with van der Waals surface area (Å²) in [6, 6.07) is 36.4. The first-order chi connectivity index (χ1) is 25.1. The van der Waals surface area contributed by atoms with Crippen LogP contribution in [-0.4, -0.2) is 53.4 Å². The van der Waals surface area contributed by atoms with Gasteiger partial charge in [0.05, 0.1) is 13.5 Å². The second kappa shape index (κ2) is 25.2. The number of halogens is 1. The maximum Gasteiger partial charge on any atom is 0.321 e. The van der Waals surface area contributed by atoms with Crippen molar-refractivity contribution in [1.82, 2.24) is 0 Å². The number of rotatable bonds is 15. The Labute approximate surface area is 309 Å². The van der Waals surface area contributed by atoms with E-state index in [-0.39, 0.29) is 44.1 Å². The minimum Gasteiger partial charge on any atom is -0.481 e. The van der Waals surface area contributed by atoms with Crippen molar-refractivity contribution in [2.45, 2.75) is 39.3 Å². The average molecular weight is 780 g/mol. The summed E-state index contributed by atoms with van der Waals surface area (Å²) in [5, 5.41) is 9.22. The van der Waals surface area contributed by atoms with Crippen molar-refractivity contribution in [2.75, 3.05) is 12.4 Å². The van der Waals surface area contributed by atoms with Crippen molar-refractivity contribution < 1.29 is 57.6 Å². The molecule has 4 rings (SSSR count). The molecule has 0 aromatic heterocycles. The zero-order chi connectivity index (χ0) is 38.0. The molecular formula is C39H39BrO12. The summed E-state index contributed by atoms with van der Waals surface area (Å²) >= 11 is 2.90. The largest absolute Gasteiger partial charge is 0.481 e. The monoisotopic (exact) mass is 778 g/mol. The number of ether oxygens (including phenoxy) is 5. The van der Waals surface area contributed by atoms with Crippen LogP contribution in [0.1, 0.15) is 35.1 Å². The van der Waals surface area contributed by atoms with Crippen LogP contribution in [0.5, 0.6) is 0 Å². The van der Waals surface area contributed by atoms with Crippen molar-refractivity contribution in [1.29, 1.82) is 0 Å². The van der Waals surface area contributed by atoms with Gasteiger partial charge in [0.2, 0.25) is 0 Å². The number of hydrogen-bond acceptors (Lipinski definition) is 11. The summed E-state index contributed by atoms with van der Waals surface area (Å²) in [5.74, 6) is -6.01. The van der Waals surface area contributed by atoms with Crippen LogP contribution >= 0.6 is 15.9 Å². The smallest absolute Gasteiger partial charge is 0.321 e. The average Bonchev–Trinajstić information content (AvgIpc) is 3.18. The Hall–Kier alpha value is -5.82. The van der Waals surface area contributed by atoms with E-state index in [4.69, 9.17) is 24.1 Å². The third-order valence-corrected chi connectivity index (χ3v) is 6.96. The maximum absolute atomic E-state index is 12.1. The molecule has 0 amide bonds. The van der Waals surface area contributed by atoms with E-state index in [9.17, 15) is 28.8 Å². The topological polar surface area (TPSA) is 169 Å². The van der Waals surface area contributed by atoms with Gasteiger partial charge in [0.25, 0.3) is 0 Å². The molecule has 1 N–H and O–H groups in total. The van der Waals surface area contributed by atoms with Crippen LogP contribution in [-0.2, 0) is 78.9 Å². The van der Waals surface area contributed by atoms with Gasteiger partial charge in [-0.1, -0.05) is 137 Å². The molecule has 274 valence electrons. The lowest BCUT2D eigenvalue weighted by molar-refractivity contribution is -0.167. The van der Waals surface area contributed by atoms with Crippen molar-refractivity contribution in [3.63, 3.8) is 0 Å². The first kappa shape index (κ1) is 42.3. The van der Waals surface area contributed by atoms with Gasteiger partial charge in [0, 0.05) is 0 Å². The number of aliphatic carboxylic acids is 1. The molecule has 0 saturated heterocycles. The number of carbonyl (C=O) groups is 6. The lowest BCUT2D eigenvalue weighted by Gasteiger charge is -2.14. The third-order valence-electron chi connectivity index (χ3n) is 6.51. The van der Waals surface area contributed by atoms with Gasteiger partial charge in [-0.2, -0.15) is 0 Å². The molecule has 52 heavy (non-hydrogen) atoms. The van der Waals surface area contributed by atoms with Crippen LogP contribution < -0.4 is 0 Å². The minimum absolute atomic E-state index is 0.0399. The van der Waals surface area contributed by atoms with Gasteiger partial charge in [-0.25, -0.2) is 0 Å². The fraction of sp³-hybridized carbons (Fsp3) is 0.231. The number of carbonyl (C=O) groups excluding carboxylic acids is 5. The number of hydrogen-bond donors (Lipinski definition) is 1. The fourth-order valence-electron chi connectivity index (χ4n) is 3.85. The van der Waals surface area contributed by atoms with Gasteiger partial charge in [-0.05, 0) is 22.3 Å². The van der Waals surface area contributed by atoms with E-state index in [0.29, 0.717) is 0 Å². The number of carboxylic acid groups (broad SMARTS) is 1. The molecule has 0 atom stereocenters. The van der Waals surface area contributed by atoms with Crippen molar-refractivity contribution in [3.8, 4) is 0 Å². The van der Waals surface area contributed by atoms with Crippen LogP contribution in [0.3, 0.4) is 0 Å². The van der Waals surface area contributed by atoms with Crippen LogP contribution in [0.2, 0.25) is 0 Å². The Balaban J connectivity index is 0.000000315. The minimum atomic E-state index is -1.50. The van der Waals surface area contributed by atoms with Crippen molar-refractivity contribution >= 4 is 51.7 Å². The first-order valence-corrected chi connectivity index (χ1v) is 16.9. The molecule has 0 unspecified atom stereocenters. The zero-order valence-electron chi connectivity index (χ0n) is 28.4. The molecule has 0 bridgehead atoms. The molecule has 12 nitrogen and oxygen atoms in total. The number of alkyl halides is 1. The number of carboxylic acids is 1. The lowest BCUT2D eigenvalue weighted by Crippen LogP contribution is -2.30. The molecule has 0 spiro atoms. The van der Waals surface area contributed by atoms with E-state index >= 15 is 0 Å². The van der Waals surface area contributed by atoms with Gasteiger partial charge in [-0.3, -0.25) is 28.8 Å². The highest BCUT2D eigenvalue weighted by atomic mass is 79.9. The number of benzene rings is 4. The normalized spacial score (nSPS) is 9.83. The standard InChI is InChI=1S/C19H18O6.C17H16O4.C3H5BrO2/c20-17(21)11-16(18(22)24-12-14-7-3-1-4-8-14)19(23)25-13-15-9-5-2-6-10-15;18-16(20-12-14-7-3-1-4-8-14)11-17(19)21-13-15-9-5-2-6-10-15;1-6-3(5)2-4/h1-10,16H,11-13H2,(H,20,21);1-10H,11-13H2;2H2,1H3. The van der Waals surface area contributed by atoms with Crippen molar-refractivity contribution in [3.05, 3.63) is 144 Å². The van der Waals surface area contributed by atoms with E-state index in [1.807, 2.05) is 72.8 Å². The van der Waals surface area contributed by atoms with E-state index < -0.39 is 42.2 Å². The molecule has 0 aliphatic carbocycles. The predicted molar refractivity (Wildman–Crippen MR) is 191 cm³/mol. The summed E-state index contributed by atoms with van der Waals surface area (Å²) in [7, 11) is 1.35. The zero-order valence-corrected chi connectivity index (χ0v) is 30.0. The van der Waals surface area contributed by atoms with E-state index in [1.54, 1.807) is 48.5 Å². The van der Waals surface area contributed by atoms with Crippen LogP contribution in [0.4, 0.5) is 0 Å². The van der Waals surface area contributed by atoms with Gasteiger partial charge in [-0.15, -0.1) is 0 Å². The third kappa shape index (κ3) is 18.8. The Morgan fingerprint density at radius 3 is 1.08 bits per heavy atom. The predicted octanol–water partition coefficient (Wildman–Crippen LogP) is 5.98. The molecule has 0 aliphatic heterocycles. The maximum atomic E-state index is 12.1. The quantitative estimate of drug-likeness (QED) is 0.0650. The molecule has 0 aliphatic rings. The molecule has 0 radical (unpaired) electrons. The van der Waals surface area contributed by atoms with E-state index in [0.717, 1.165) is 22.3 Å². The van der Waals surface area contributed by atoms with Crippen molar-refractivity contribution in [2.24, 2.45) is 5.92 Å². The second-order valence-corrected chi connectivity index (χ2v) is 11.1. The molecule has 0 fully saturated rings. The Bertz CT molecular complexity index is 1550. The molecule has 4 aromatic carbocycles. The lowest BCUT2D eigenvalue weighted by atomic mass is 10.1. The van der Waals surface area contributed by atoms with Crippen LogP contribution in [0, 0.1) is 5.92 Å². The van der Waals surface area contributed by atoms with Gasteiger partial charge in [0.1, 0.15) is 38.2 Å². The summed E-state index contributed by atoms with van der Waals surface area (Å²) in [6.07, 6.45) is -1.05. The SMILES string of the molecule is COC(=O)CBr.O=C(CC(=O)OCc1ccccc1)OCc1ccccc1.O=C(O)CC(C(=O)OCc1ccccc1)C(=O)OCc1ccccc1. The summed E-state index contributed by atoms with van der Waals surface area (Å²) in [5.41, 5.74) is 3.23. The molecule has 0 saturated carbocycles. The fourth-order valence-corrected chi connectivity index (χ4v) is 4.08. The second-order valence-electron chi connectivity index (χ2n) is 10.5. The first-order valence-electron chi connectivity index (χ1n) is 15.8. The molecule has 4 aromatic rings. The van der Waals surface area contributed by atoms with Gasteiger partial charge >= 0.3 is 35.8 Å². The van der Waals surface area contributed by atoms with Gasteiger partial charge < -0.3 is 28.8 Å². The Morgan fingerprint density at radius 2 is 0.827 bits per heavy atom. The van der Waals surface area contributed by atoms with Gasteiger partial charge in [0.15, 0.2) is 5.92 Å². The van der Waals surface area contributed by atoms with E-state index in [1.165, 1.54) is 7.11 Å².